The summed E-state index contributed by atoms with van der Waals surface area (Å²) >= 11 is 0. The number of rotatable bonds is 4. The molecular weight excluding hydrogens is 304 g/mol. The molecule has 0 radical (unpaired) electrons. The second kappa shape index (κ2) is 5.98. The highest BCUT2D eigenvalue weighted by atomic mass is 16.1. The second-order valence-electron chi connectivity index (χ2n) is 6.83. The van der Waals surface area contributed by atoms with Gasteiger partial charge in [0.2, 0.25) is 0 Å². The first kappa shape index (κ1) is 15.3. The average molecular weight is 326 g/mol. The van der Waals surface area contributed by atoms with Crippen LogP contribution in [-0.2, 0) is 26.4 Å². The van der Waals surface area contributed by atoms with Crippen molar-refractivity contribution in [2.24, 2.45) is 7.05 Å². The quantitative estimate of drug-likeness (QED) is 0.809. The Morgan fingerprint density at radius 1 is 1.25 bits per heavy atom. The maximum absolute atomic E-state index is 11.7. The Bertz CT molecular complexity index is 811. The van der Waals surface area contributed by atoms with Gasteiger partial charge in [0.15, 0.2) is 5.82 Å². The first-order valence-electron chi connectivity index (χ1n) is 8.42. The van der Waals surface area contributed by atoms with Crippen molar-refractivity contribution in [3.63, 3.8) is 0 Å². The lowest BCUT2D eigenvalue weighted by Gasteiger charge is -2.44. The van der Waals surface area contributed by atoms with E-state index in [0.29, 0.717) is 12.6 Å². The van der Waals surface area contributed by atoms with Gasteiger partial charge in [-0.05, 0) is 37.9 Å². The van der Waals surface area contributed by atoms with Gasteiger partial charge in [-0.3, -0.25) is 9.69 Å². The number of hydrogen-bond acceptors (Lipinski definition) is 6. The van der Waals surface area contributed by atoms with Gasteiger partial charge in [0.25, 0.3) is 5.56 Å². The third-order valence-electron chi connectivity index (χ3n) is 5.06. The highest BCUT2D eigenvalue weighted by Gasteiger charge is 2.32. The first-order chi connectivity index (χ1) is 11.6. The topological polar surface area (TPSA) is 67.2 Å². The fourth-order valence-corrected chi connectivity index (χ4v) is 3.36. The van der Waals surface area contributed by atoms with Crippen molar-refractivity contribution in [3.8, 4) is 0 Å². The number of aromatic nitrogens is 4. The third kappa shape index (κ3) is 2.80. The summed E-state index contributed by atoms with van der Waals surface area (Å²) in [5.41, 5.74) is 3.33. The van der Waals surface area contributed by atoms with Gasteiger partial charge >= 0.3 is 0 Å². The predicted octanol–water partition coefficient (Wildman–Crippen LogP) is 0.380. The van der Waals surface area contributed by atoms with Gasteiger partial charge in [0.1, 0.15) is 0 Å². The van der Waals surface area contributed by atoms with Crippen molar-refractivity contribution in [3.05, 3.63) is 45.8 Å². The van der Waals surface area contributed by atoms with Crippen LogP contribution in [0.25, 0.3) is 0 Å². The molecular formula is C17H22N6O. The Balaban J connectivity index is 1.36. The van der Waals surface area contributed by atoms with Crippen molar-refractivity contribution in [1.29, 1.82) is 0 Å². The molecule has 1 saturated heterocycles. The molecule has 24 heavy (non-hydrogen) atoms. The summed E-state index contributed by atoms with van der Waals surface area (Å²) in [7, 11) is 3.79. The van der Waals surface area contributed by atoms with Crippen molar-refractivity contribution in [2.75, 3.05) is 25.0 Å². The van der Waals surface area contributed by atoms with Crippen molar-refractivity contribution in [2.45, 2.75) is 31.8 Å². The van der Waals surface area contributed by atoms with Crippen LogP contribution in [0.2, 0.25) is 0 Å². The van der Waals surface area contributed by atoms with Crippen molar-refractivity contribution < 1.29 is 0 Å². The van der Waals surface area contributed by atoms with Gasteiger partial charge in [0, 0.05) is 38.8 Å². The monoisotopic (exact) mass is 326 g/mol. The van der Waals surface area contributed by atoms with Gasteiger partial charge in [-0.15, -0.1) is 5.10 Å². The molecule has 7 nitrogen and oxygen atoms in total. The van der Waals surface area contributed by atoms with Crippen LogP contribution >= 0.6 is 0 Å². The van der Waals surface area contributed by atoms with Crippen molar-refractivity contribution in [1.82, 2.24) is 24.6 Å². The molecule has 1 aliphatic heterocycles. The molecule has 7 heteroatoms. The van der Waals surface area contributed by atoms with E-state index in [2.05, 4.69) is 38.1 Å². The molecule has 2 aromatic heterocycles. The zero-order valence-corrected chi connectivity index (χ0v) is 14.1. The van der Waals surface area contributed by atoms with E-state index in [1.54, 1.807) is 19.4 Å². The van der Waals surface area contributed by atoms with E-state index < -0.39 is 0 Å². The molecule has 126 valence electrons. The van der Waals surface area contributed by atoms with Crippen LogP contribution in [0.5, 0.6) is 0 Å². The van der Waals surface area contributed by atoms with E-state index in [4.69, 9.17) is 0 Å². The summed E-state index contributed by atoms with van der Waals surface area (Å²) < 4.78 is 1.49. The fourth-order valence-electron chi connectivity index (χ4n) is 3.36. The molecule has 1 aliphatic carbocycles. The molecule has 0 aromatic carbocycles. The van der Waals surface area contributed by atoms with E-state index >= 15 is 0 Å². The van der Waals surface area contributed by atoms with Crippen LogP contribution in [0, 0.1) is 0 Å². The fraction of sp³-hybridized carbons (Fsp3) is 0.529. The molecule has 3 heterocycles. The van der Waals surface area contributed by atoms with Gasteiger partial charge in [-0.2, -0.15) is 5.10 Å². The Kier molecular flexibility index (Phi) is 3.80. The normalized spacial score (nSPS) is 17.2. The minimum atomic E-state index is -0.0166. The molecule has 0 amide bonds. The minimum absolute atomic E-state index is 0.0166. The van der Waals surface area contributed by atoms with Crippen molar-refractivity contribution >= 4 is 5.82 Å². The Morgan fingerprint density at radius 3 is 2.88 bits per heavy atom. The van der Waals surface area contributed by atoms with Crippen LogP contribution in [-0.4, -0.2) is 50.8 Å². The summed E-state index contributed by atoms with van der Waals surface area (Å²) in [5.74, 6) is 0.993. The van der Waals surface area contributed by atoms with Gasteiger partial charge < -0.3 is 9.47 Å². The molecule has 0 N–H and O–H groups in total. The van der Waals surface area contributed by atoms with E-state index in [0.717, 1.165) is 37.4 Å². The first-order valence-corrected chi connectivity index (χ1v) is 8.42. The Hall–Kier alpha value is -2.28. The average Bonchev–Trinajstić information content (AvgIpc) is 2.97. The van der Waals surface area contributed by atoms with E-state index in [9.17, 15) is 4.79 Å². The number of aryl methyl sites for hydroxylation is 3. The van der Waals surface area contributed by atoms with Gasteiger partial charge in [0.05, 0.1) is 17.7 Å². The van der Waals surface area contributed by atoms with Crippen LogP contribution < -0.4 is 10.5 Å². The lowest BCUT2D eigenvalue weighted by Crippen LogP contribution is -2.58. The maximum atomic E-state index is 11.7. The SMILES string of the molecule is CN(Cc1cc(=O)n(C)cn1)C1CN(c2cc3c(nn2)CCC3)C1. The van der Waals surface area contributed by atoms with Crippen LogP contribution in [0.4, 0.5) is 5.82 Å². The Labute approximate surface area is 140 Å². The zero-order valence-electron chi connectivity index (χ0n) is 14.1. The van der Waals surface area contributed by atoms with E-state index in [1.807, 2.05) is 0 Å². The number of nitrogens with zero attached hydrogens (tertiary/aromatic N) is 6. The highest BCUT2D eigenvalue weighted by Crippen LogP contribution is 2.26. The standard InChI is InChI=1S/C17H22N6O/c1-21(8-13-7-17(24)22(2)11-18-13)14-9-23(10-14)16-6-12-4-3-5-15(12)19-20-16/h6-7,11,14H,3-5,8-10H2,1-2H3. The smallest absolute Gasteiger partial charge is 0.253 e. The maximum Gasteiger partial charge on any atom is 0.253 e. The molecule has 0 bridgehead atoms. The summed E-state index contributed by atoms with van der Waals surface area (Å²) in [4.78, 5) is 20.5. The second-order valence-corrected chi connectivity index (χ2v) is 6.83. The Morgan fingerprint density at radius 2 is 2.08 bits per heavy atom. The summed E-state index contributed by atoms with van der Waals surface area (Å²) in [6.07, 6.45) is 4.97. The molecule has 4 rings (SSSR count). The third-order valence-corrected chi connectivity index (χ3v) is 5.06. The molecule has 0 spiro atoms. The lowest BCUT2D eigenvalue weighted by atomic mass is 10.1. The summed E-state index contributed by atoms with van der Waals surface area (Å²) in [6, 6.07) is 4.26. The van der Waals surface area contributed by atoms with Gasteiger partial charge in [-0.1, -0.05) is 0 Å². The molecule has 0 unspecified atom stereocenters. The summed E-state index contributed by atoms with van der Waals surface area (Å²) in [5, 5.41) is 8.74. The van der Waals surface area contributed by atoms with Crippen LogP contribution in [0.15, 0.2) is 23.3 Å². The molecule has 1 fully saturated rings. The number of anilines is 1. The number of fused-ring (bicyclic) bond motifs is 1. The zero-order chi connectivity index (χ0) is 16.7. The minimum Gasteiger partial charge on any atom is -0.352 e. The van der Waals surface area contributed by atoms with Gasteiger partial charge in [-0.25, -0.2) is 4.98 Å². The molecule has 0 atom stereocenters. The number of likely N-dealkylation sites (N-methyl/N-ethyl adjacent to an activating group) is 1. The molecule has 0 saturated carbocycles. The molecule has 2 aliphatic rings. The lowest BCUT2D eigenvalue weighted by molar-refractivity contribution is 0.194. The number of hydrogen-bond donors (Lipinski definition) is 0. The van der Waals surface area contributed by atoms with Crippen LogP contribution in [0.1, 0.15) is 23.4 Å². The largest absolute Gasteiger partial charge is 0.352 e. The predicted molar refractivity (Wildman–Crippen MR) is 91.0 cm³/mol. The van der Waals surface area contributed by atoms with E-state index in [-0.39, 0.29) is 5.56 Å². The molecule has 2 aromatic rings. The highest BCUT2D eigenvalue weighted by molar-refractivity contribution is 5.45. The van der Waals surface area contributed by atoms with Crippen LogP contribution in [0.3, 0.4) is 0 Å². The summed E-state index contributed by atoms with van der Waals surface area (Å²) in [6.45, 7) is 2.56. The van der Waals surface area contributed by atoms with E-state index in [1.165, 1.54) is 22.2 Å².